The second-order valence-corrected chi connectivity index (χ2v) is 8.04. The fourth-order valence-electron chi connectivity index (χ4n) is 2.77. The number of rotatable bonds is 9. The Morgan fingerprint density at radius 1 is 1.06 bits per heavy atom. The molecule has 0 bridgehead atoms. The van der Waals surface area contributed by atoms with Crippen molar-refractivity contribution >= 4 is 27.8 Å². The van der Waals surface area contributed by atoms with Crippen molar-refractivity contribution in [3.8, 4) is 23.1 Å². The summed E-state index contributed by atoms with van der Waals surface area (Å²) >= 11 is 0. The number of anilines is 1. The van der Waals surface area contributed by atoms with Crippen molar-refractivity contribution in [2.45, 2.75) is 4.90 Å². The Morgan fingerprint density at radius 3 is 2.55 bits per heavy atom. The van der Waals surface area contributed by atoms with Crippen LogP contribution in [0.2, 0.25) is 0 Å². The lowest BCUT2D eigenvalue weighted by Gasteiger charge is -2.16. The molecule has 0 fully saturated rings. The zero-order valence-electron chi connectivity index (χ0n) is 18.0. The first-order valence-corrected chi connectivity index (χ1v) is 10.9. The Balaban J connectivity index is 1.95. The second kappa shape index (κ2) is 10.5. The molecule has 3 rings (SSSR count). The van der Waals surface area contributed by atoms with Gasteiger partial charge < -0.3 is 18.9 Å². The predicted molar refractivity (Wildman–Crippen MR) is 120 cm³/mol. The topological polar surface area (TPSA) is 126 Å². The SMILES string of the molecule is COC(=O)/C=C/c1cc(OC)c(OC)c(S(=O)(=O)Nc2cccc(Oc3cnccn3)c2)c1. The van der Waals surface area contributed by atoms with E-state index in [9.17, 15) is 13.2 Å². The number of hydrogen-bond acceptors (Lipinski definition) is 9. The molecule has 1 N–H and O–H groups in total. The minimum atomic E-state index is -4.13. The van der Waals surface area contributed by atoms with E-state index in [4.69, 9.17) is 14.2 Å². The molecule has 33 heavy (non-hydrogen) atoms. The monoisotopic (exact) mass is 471 g/mol. The fraction of sp³-hybridized carbons (Fsp3) is 0.136. The Labute approximate surface area is 190 Å². The zero-order valence-corrected chi connectivity index (χ0v) is 18.8. The summed E-state index contributed by atoms with van der Waals surface area (Å²) in [4.78, 5) is 19.2. The van der Waals surface area contributed by atoms with Crippen LogP contribution in [0.4, 0.5) is 5.69 Å². The summed E-state index contributed by atoms with van der Waals surface area (Å²) in [5, 5.41) is 0. The smallest absolute Gasteiger partial charge is 0.330 e. The molecule has 0 aliphatic rings. The van der Waals surface area contributed by atoms with Gasteiger partial charge in [0.05, 0.1) is 33.2 Å². The lowest BCUT2D eigenvalue weighted by molar-refractivity contribution is -0.134. The van der Waals surface area contributed by atoms with E-state index < -0.39 is 16.0 Å². The van der Waals surface area contributed by atoms with Gasteiger partial charge >= 0.3 is 5.97 Å². The maximum Gasteiger partial charge on any atom is 0.330 e. The van der Waals surface area contributed by atoms with Crippen molar-refractivity contribution in [3.05, 3.63) is 66.6 Å². The molecule has 1 aromatic heterocycles. The van der Waals surface area contributed by atoms with Crippen LogP contribution in [0.1, 0.15) is 5.56 Å². The van der Waals surface area contributed by atoms with E-state index in [1.807, 2.05) is 0 Å². The van der Waals surface area contributed by atoms with Gasteiger partial charge in [0.2, 0.25) is 5.88 Å². The van der Waals surface area contributed by atoms with Gasteiger partial charge in [-0.3, -0.25) is 9.71 Å². The van der Waals surface area contributed by atoms with E-state index in [0.29, 0.717) is 11.3 Å². The molecule has 3 aromatic rings. The van der Waals surface area contributed by atoms with Gasteiger partial charge in [0, 0.05) is 24.5 Å². The summed E-state index contributed by atoms with van der Waals surface area (Å²) in [5.74, 6) is 0.202. The fourth-order valence-corrected chi connectivity index (χ4v) is 4.04. The third kappa shape index (κ3) is 5.98. The van der Waals surface area contributed by atoms with E-state index in [1.165, 1.54) is 70.3 Å². The Hall–Kier alpha value is -4.12. The van der Waals surface area contributed by atoms with Crippen molar-refractivity contribution in [2.75, 3.05) is 26.1 Å². The van der Waals surface area contributed by atoms with Crippen LogP contribution in [0.5, 0.6) is 23.1 Å². The molecule has 0 saturated heterocycles. The van der Waals surface area contributed by atoms with E-state index >= 15 is 0 Å². The summed E-state index contributed by atoms with van der Waals surface area (Å²) in [7, 11) is -0.187. The van der Waals surface area contributed by atoms with Crippen LogP contribution in [0, 0.1) is 0 Å². The average Bonchev–Trinajstić information content (AvgIpc) is 2.82. The van der Waals surface area contributed by atoms with Gasteiger partial charge in [-0.2, -0.15) is 0 Å². The molecular formula is C22H21N3O7S. The molecule has 0 amide bonds. The first-order valence-electron chi connectivity index (χ1n) is 9.45. The van der Waals surface area contributed by atoms with Crippen LogP contribution in [0.3, 0.4) is 0 Å². The van der Waals surface area contributed by atoms with Crippen molar-refractivity contribution in [3.63, 3.8) is 0 Å². The highest BCUT2D eigenvalue weighted by Gasteiger charge is 2.24. The van der Waals surface area contributed by atoms with Crippen LogP contribution in [-0.2, 0) is 19.6 Å². The predicted octanol–water partition coefficient (Wildman–Crippen LogP) is 3.27. The number of sulfonamides is 1. The number of methoxy groups -OCH3 is 3. The number of esters is 1. The number of carbonyl (C=O) groups is 1. The molecule has 172 valence electrons. The van der Waals surface area contributed by atoms with Crippen molar-refractivity contribution in [1.82, 2.24) is 9.97 Å². The van der Waals surface area contributed by atoms with Crippen molar-refractivity contribution in [1.29, 1.82) is 0 Å². The molecule has 0 atom stereocenters. The van der Waals surface area contributed by atoms with Gasteiger partial charge in [-0.25, -0.2) is 18.2 Å². The molecule has 2 aromatic carbocycles. The molecule has 0 saturated carbocycles. The second-order valence-electron chi connectivity index (χ2n) is 6.39. The number of nitrogens with zero attached hydrogens (tertiary/aromatic N) is 2. The molecule has 0 aliphatic carbocycles. The Bertz CT molecular complexity index is 1260. The number of carbonyl (C=O) groups excluding carboxylic acids is 1. The quantitative estimate of drug-likeness (QED) is 0.369. The van der Waals surface area contributed by atoms with E-state index in [0.717, 1.165) is 0 Å². The highest BCUT2D eigenvalue weighted by Crippen LogP contribution is 2.37. The van der Waals surface area contributed by atoms with Crippen molar-refractivity contribution in [2.24, 2.45) is 0 Å². The average molecular weight is 471 g/mol. The van der Waals surface area contributed by atoms with E-state index in [2.05, 4.69) is 19.4 Å². The normalized spacial score (nSPS) is 11.1. The summed E-state index contributed by atoms with van der Waals surface area (Å²) in [5.41, 5.74) is 0.631. The van der Waals surface area contributed by atoms with Crippen LogP contribution in [0.25, 0.3) is 6.08 Å². The third-order valence-electron chi connectivity index (χ3n) is 4.22. The number of ether oxygens (including phenoxy) is 4. The number of hydrogen-bond donors (Lipinski definition) is 1. The van der Waals surface area contributed by atoms with Crippen LogP contribution in [0.15, 0.2) is 66.0 Å². The standard InChI is InChI=1S/C22H21N3O7S/c1-29-18-11-15(7-8-21(26)30-2)12-19(22(18)31-3)33(27,28)25-16-5-4-6-17(13-16)32-20-14-23-9-10-24-20/h4-14,25H,1-3H3/b8-7+. The molecule has 11 heteroatoms. The molecule has 0 spiro atoms. The summed E-state index contributed by atoms with van der Waals surface area (Å²) in [6.45, 7) is 0. The zero-order chi connectivity index (χ0) is 23.8. The largest absolute Gasteiger partial charge is 0.493 e. The Morgan fingerprint density at radius 2 is 1.88 bits per heavy atom. The summed E-state index contributed by atoms with van der Waals surface area (Å²) in [6.07, 6.45) is 6.98. The minimum absolute atomic E-state index is 0.00665. The van der Waals surface area contributed by atoms with Gasteiger partial charge in [-0.05, 0) is 35.9 Å². The highest BCUT2D eigenvalue weighted by molar-refractivity contribution is 7.92. The van der Waals surface area contributed by atoms with Crippen LogP contribution < -0.4 is 18.9 Å². The van der Waals surface area contributed by atoms with Crippen LogP contribution >= 0.6 is 0 Å². The molecule has 1 heterocycles. The van der Waals surface area contributed by atoms with Gasteiger partial charge in [-0.15, -0.1) is 0 Å². The van der Waals surface area contributed by atoms with E-state index in [1.54, 1.807) is 18.2 Å². The Kier molecular flexibility index (Phi) is 7.46. The number of nitrogens with one attached hydrogen (secondary N) is 1. The van der Waals surface area contributed by atoms with Gasteiger partial charge in [-0.1, -0.05) is 6.07 Å². The highest BCUT2D eigenvalue weighted by atomic mass is 32.2. The molecule has 10 nitrogen and oxygen atoms in total. The molecule has 0 unspecified atom stereocenters. The van der Waals surface area contributed by atoms with Gasteiger partial charge in [0.15, 0.2) is 11.5 Å². The lowest BCUT2D eigenvalue weighted by atomic mass is 10.2. The molecular weight excluding hydrogens is 450 g/mol. The number of aromatic nitrogens is 2. The first kappa shape index (κ1) is 23.5. The molecule has 0 radical (unpaired) electrons. The maximum absolute atomic E-state index is 13.2. The third-order valence-corrected chi connectivity index (χ3v) is 5.60. The summed E-state index contributed by atoms with van der Waals surface area (Å²) in [6, 6.07) is 9.21. The van der Waals surface area contributed by atoms with E-state index in [-0.39, 0.29) is 28.0 Å². The lowest BCUT2D eigenvalue weighted by Crippen LogP contribution is -2.15. The molecule has 0 aliphatic heterocycles. The number of benzene rings is 2. The minimum Gasteiger partial charge on any atom is -0.493 e. The van der Waals surface area contributed by atoms with Crippen molar-refractivity contribution < 1.29 is 32.2 Å². The van der Waals surface area contributed by atoms with Gasteiger partial charge in [0.1, 0.15) is 10.6 Å². The first-order chi connectivity index (χ1) is 15.9. The van der Waals surface area contributed by atoms with Gasteiger partial charge in [0.25, 0.3) is 10.0 Å². The summed E-state index contributed by atoms with van der Waals surface area (Å²) < 4.78 is 49.7. The maximum atomic E-state index is 13.2. The van der Waals surface area contributed by atoms with Crippen LogP contribution in [-0.4, -0.2) is 45.7 Å².